The minimum Gasteiger partial charge on any atom is -0.376 e. The van der Waals surface area contributed by atoms with Crippen LogP contribution in [0.1, 0.15) is 54.5 Å². The maximum atomic E-state index is 11.9. The molecule has 3 heterocycles. The number of piperidine rings is 1. The van der Waals surface area contributed by atoms with Crippen LogP contribution in [0.15, 0.2) is 72.9 Å². The van der Waals surface area contributed by atoms with Crippen molar-refractivity contribution in [2.45, 2.75) is 49.4 Å². The first-order valence-corrected chi connectivity index (χ1v) is 11.2. The van der Waals surface area contributed by atoms with Gasteiger partial charge in [0.2, 0.25) is 0 Å². The van der Waals surface area contributed by atoms with Gasteiger partial charge in [-0.1, -0.05) is 65.7 Å². The minimum absolute atomic E-state index is 0.199. The van der Waals surface area contributed by atoms with Gasteiger partial charge in [0.15, 0.2) is 0 Å². The molecule has 2 aromatic carbocycles. The molecule has 2 fully saturated rings. The predicted octanol–water partition coefficient (Wildman–Crippen LogP) is 6.21. The van der Waals surface area contributed by atoms with Crippen LogP contribution in [0.3, 0.4) is 0 Å². The Morgan fingerprint density at radius 1 is 0.933 bits per heavy atom. The fraction of sp³-hybridized carbons (Fsp3) is 0.320. The maximum Gasteiger partial charge on any atom is 0.120 e. The Bertz CT molecular complexity index is 999. The summed E-state index contributed by atoms with van der Waals surface area (Å²) in [5, 5.41) is 13.3. The molecule has 1 N–H and O–H groups in total. The third-order valence-corrected chi connectivity index (χ3v) is 7.35. The van der Waals surface area contributed by atoms with Gasteiger partial charge in [-0.15, -0.1) is 0 Å². The van der Waals surface area contributed by atoms with Crippen molar-refractivity contribution in [2.75, 3.05) is 0 Å². The lowest BCUT2D eigenvalue weighted by molar-refractivity contribution is -0.139. The van der Waals surface area contributed by atoms with Gasteiger partial charge in [-0.05, 0) is 61.1 Å². The number of fused-ring (bicyclic) bond motifs is 2. The van der Waals surface area contributed by atoms with Gasteiger partial charge in [-0.3, -0.25) is 9.88 Å². The van der Waals surface area contributed by atoms with Crippen LogP contribution in [0, 0.1) is 0 Å². The average Bonchev–Trinajstić information content (AvgIpc) is 2.96. The Morgan fingerprint density at radius 2 is 1.57 bits per heavy atom. The molecular formula is C25H24Cl2N2O. The van der Waals surface area contributed by atoms with Crippen molar-refractivity contribution in [3.05, 3.63) is 99.8 Å². The predicted molar refractivity (Wildman–Crippen MR) is 121 cm³/mol. The topological polar surface area (TPSA) is 36.4 Å². The number of aromatic nitrogens is 1. The number of pyridine rings is 1. The third kappa shape index (κ3) is 3.44. The number of nitrogens with zero attached hydrogens (tertiary/aromatic N) is 2. The average molecular weight is 439 g/mol. The third-order valence-electron chi connectivity index (χ3n) is 6.67. The number of benzene rings is 2. The molecule has 0 amide bonds. The number of halogens is 2. The van der Waals surface area contributed by atoms with E-state index in [9.17, 15) is 5.11 Å². The smallest absolute Gasteiger partial charge is 0.120 e. The zero-order valence-corrected chi connectivity index (χ0v) is 18.1. The summed E-state index contributed by atoms with van der Waals surface area (Å²) in [5.41, 5.74) is 2.10. The highest BCUT2D eigenvalue weighted by Crippen LogP contribution is 2.54. The van der Waals surface area contributed by atoms with Crippen molar-refractivity contribution in [1.82, 2.24) is 9.88 Å². The summed E-state index contributed by atoms with van der Waals surface area (Å²) in [6, 6.07) is 21.8. The molecule has 2 aliphatic heterocycles. The van der Waals surface area contributed by atoms with Crippen LogP contribution in [-0.4, -0.2) is 26.8 Å². The Hall–Kier alpha value is -1.91. The highest BCUT2D eigenvalue weighted by molar-refractivity contribution is 6.32. The van der Waals surface area contributed by atoms with E-state index in [2.05, 4.69) is 16.0 Å². The van der Waals surface area contributed by atoms with Crippen molar-refractivity contribution in [1.29, 1.82) is 0 Å². The summed E-state index contributed by atoms with van der Waals surface area (Å²) in [6.45, 7) is 0. The standard InChI is InChI=1S/C25H24Cl2N2O/c26-21-9-3-1-7-19(21)24(20-8-2-4-10-22(20)27)29-18-12-13-25(29,30)16-17(15-18)23-11-5-6-14-28-23/h1-11,14,17-18,24,30H,12-13,15-16H2. The molecule has 5 rings (SSSR count). The molecule has 5 heteroatoms. The second-order valence-corrected chi connectivity index (χ2v) is 9.23. The van der Waals surface area contributed by atoms with Crippen LogP contribution in [0.2, 0.25) is 10.0 Å². The van der Waals surface area contributed by atoms with Gasteiger partial charge in [-0.2, -0.15) is 0 Å². The van der Waals surface area contributed by atoms with Gasteiger partial charge in [0.1, 0.15) is 5.72 Å². The molecule has 0 aliphatic carbocycles. The van der Waals surface area contributed by atoms with Crippen molar-refractivity contribution >= 4 is 23.2 Å². The van der Waals surface area contributed by atoms with E-state index in [4.69, 9.17) is 23.2 Å². The molecule has 154 valence electrons. The van der Waals surface area contributed by atoms with Crippen LogP contribution in [0.25, 0.3) is 0 Å². The van der Waals surface area contributed by atoms with E-state index >= 15 is 0 Å². The van der Waals surface area contributed by atoms with Gasteiger partial charge in [0.25, 0.3) is 0 Å². The Morgan fingerprint density at radius 3 is 2.13 bits per heavy atom. The molecule has 3 atom stereocenters. The van der Waals surface area contributed by atoms with Crippen molar-refractivity contribution in [3.63, 3.8) is 0 Å². The monoisotopic (exact) mass is 438 g/mol. The van der Waals surface area contributed by atoms with Crippen LogP contribution in [0.4, 0.5) is 0 Å². The summed E-state index contributed by atoms with van der Waals surface area (Å²) in [5.74, 6) is 0.248. The number of hydrogen-bond donors (Lipinski definition) is 1. The highest BCUT2D eigenvalue weighted by Gasteiger charge is 2.54. The van der Waals surface area contributed by atoms with Gasteiger partial charge in [0.05, 0.1) is 6.04 Å². The van der Waals surface area contributed by atoms with Gasteiger partial charge in [-0.25, -0.2) is 0 Å². The van der Waals surface area contributed by atoms with Gasteiger partial charge >= 0.3 is 0 Å². The van der Waals surface area contributed by atoms with Crippen LogP contribution >= 0.6 is 23.2 Å². The molecule has 2 aliphatic rings. The van der Waals surface area contributed by atoms with E-state index in [0.29, 0.717) is 16.5 Å². The molecule has 2 bridgehead atoms. The fourth-order valence-electron chi connectivity index (χ4n) is 5.41. The number of aliphatic hydroxyl groups is 1. The molecule has 0 radical (unpaired) electrons. The van der Waals surface area contributed by atoms with E-state index in [-0.39, 0.29) is 18.0 Å². The Labute approximate surface area is 187 Å². The molecule has 1 aromatic heterocycles. The SMILES string of the molecule is OC12CCC(CC(c3ccccn3)C1)N2C(c1ccccc1Cl)c1ccccc1Cl. The summed E-state index contributed by atoms with van der Waals surface area (Å²) >= 11 is 13.3. The van der Waals surface area contributed by atoms with Crippen LogP contribution < -0.4 is 0 Å². The fourth-order valence-corrected chi connectivity index (χ4v) is 5.88. The van der Waals surface area contributed by atoms with E-state index in [1.165, 1.54) is 0 Å². The summed E-state index contributed by atoms with van der Waals surface area (Å²) in [4.78, 5) is 6.85. The zero-order valence-electron chi connectivity index (χ0n) is 16.6. The molecule has 0 spiro atoms. The van der Waals surface area contributed by atoms with Crippen molar-refractivity contribution in [3.8, 4) is 0 Å². The lowest BCUT2D eigenvalue weighted by Gasteiger charge is -2.48. The summed E-state index contributed by atoms with van der Waals surface area (Å²) in [7, 11) is 0. The zero-order chi connectivity index (χ0) is 20.7. The molecule has 3 aromatic rings. The lowest BCUT2D eigenvalue weighted by atomic mass is 9.83. The van der Waals surface area contributed by atoms with Crippen LogP contribution in [-0.2, 0) is 0 Å². The maximum absolute atomic E-state index is 11.9. The summed E-state index contributed by atoms with van der Waals surface area (Å²) < 4.78 is 0. The molecule has 0 saturated carbocycles. The molecule has 3 nitrogen and oxygen atoms in total. The highest BCUT2D eigenvalue weighted by atomic mass is 35.5. The second kappa shape index (κ2) is 7.97. The van der Waals surface area contributed by atoms with E-state index in [1.807, 2.05) is 66.9 Å². The lowest BCUT2D eigenvalue weighted by Crippen LogP contribution is -2.54. The Balaban J connectivity index is 1.59. The van der Waals surface area contributed by atoms with E-state index < -0.39 is 5.72 Å². The van der Waals surface area contributed by atoms with Crippen molar-refractivity contribution in [2.24, 2.45) is 0 Å². The normalized spacial score (nSPS) is 26.3. The van der Waals surface area contributed by atoms with E-state index in [1.54, 1.807) is 0 Å². The largest absolute Gasteiger partial charge is 0.376 e. The molecule has 30 heavy (non-hydrogen) atoms. The number of hydrogen-bond acceptors (Lipinski definition) is 3. The van der Waals surface area contributed by atoms with Crippen molar-refractivity contribution < 1.29 is 5.11 Å². The molecule has 2 saturated heterocycles. The first-order chi connectivity index (χ1) is 14.6. The quantitative estimate of drug-likeness (QED) is 0.525. The van der Waals surface area contributed by atoms with Gasteiger partial charge < -0.3 is 5.11 Å². The van der Waals surface area contributed by atoms with Gasteiger partial charge in [0, 0.05) is 33.9 Å². The molecule has 3 unspecified atom stereocenters. The first-order valence-electron chi connectivity index (χ1n) is 10.5. The van der Waals surface area contributed by atoms with Crippen LogP contribution in [0.5, 0.6) is 0 Å². The minimum atomic E-state index is -0.923. The van der Waals surface area contributed by atoms with E-state index in [0.717, 1.165) is 36.1 Å². The second-order valence-electron chi connectivity index (χ2n) is 8.42. The Kier molecular flexibility index (Phi) is 5.32. The molecular weight excluding hydrogens is 415 g/mol. The summed E-state index contributed by atoms with van der Waals surface area (Å²) in [6.07, 6.45) is 5.15. The number of rotatable bonds is 4. The first kappa shape index (κ1) is 20.0.